The lowest BCUT2D eigenvalue weighted by Gasteiger charge is -2.11. The number of benzene rings is 1. The summed E-state index contributed by atoms with van der Waals surface area (Å²) in [5.74, 6) is -1.98. The van der Waals surface area contributed by atoms with Crippen molar-refractivity contribution in [2.45, 2.75) is 17.9 Å². The average Bonchev–Trinajstić information content (AvgIpc) is 2.30. The highest BCUT2D eigenvalue weighted by Gasteiger charge is 2.21. The first kappa shape index (κ1) is 14.6. The highest BCUT2D eigenvalue weighted by Crippen LogP contribution is 2.16. The first-order valence-electron chi connectivity index (χ1n) is 5.27. The minimum Gasteiger partial charge on any atom is -0.366 e. The predicted molar refractivity (Wildman–Crippen MR) is 66.1 cm³/mol. The molecule has 0 heterocycles. The van der Waals surface area contributed by atoms with Crippen LogP contribution in [-0.4, -0.2) is 26.1 Å². The normalized spacial score (nSPS) is 13.3. The molecule has 5 nitrogen and oxygen atoms in total. The Labute approximate surface area is 105 Å². The number of rotatable bonds is 5. The Kier molecular flexibility index (Phi) is 4.42. The lowest BCUT2D eigenvalue weighted by molar-refractivity contribution is 0.1000. The number of hydrogen-bond donors (Lipinski definition) is 2. The molecule has 1 atom stereocenters. The fourth-order valence-electron chi connectivity index (χ4n) is 1.32. The standard InChI is InChI=1S/C11H15FN2O3S/c1-7(5-13)18(16,17)6-9-3-2-8(11(14)15)4-10(9)12/h2-4,7H,5-6,13H2,1H3,(H2,14,15). The van der Waals surface area contributed by atoms with E-state index in [1.165, 1.54) is 19.1 Å². The molecule has 0 aromatic heterocycles. The van der Waals surface area contributed by atoms with Crippen LogP contribution in [0.15, 0.2) is 18.2 Å². The molecule has 0 bridgehead atoms. The summed E-state index contributed by atoms with van der Waals surface area (Å²) in [6.07, 6.45) is 0. The van der Waals surface area contributed by atoms with Crippen LogP contribution in [0.1, 0.15) is 22.8 Å². The van der Waals surface area contributed by atoms with Crippen LogP contribution in [0.2, 0.25) is 0 Å². The molecule has 100 valence electrons. The molecule has 4 N–H and O–H groups in total. The van der Waals surface area contributed by atoms with Gasteiger partial charge in [-0.05, 0) is 19.1 Å². The predicted octanol–water partition coefficient (Wildman–Crippen LogP) is 0.187. The highest BCUT2D eigenvalue weighted by molar-refractivity contribution is 7.91. The maximum Gasteiger partial charge on any atom is 0.248 e. The van der Waals surface area contributed by atoms with Gasteiger partial charge >= 0.3 is 0 Å². The van der Waals surface area contributed by atoms with Gasteiger partial charge < -0.3 is 11.5 Å². The minimum absolute atomic E-state index is 0.000278. The number of carbonyl (C=O) groups is 1. The van der Waals surface area contributed by atoms with Gasteiger partial charge in [0.1, 0.15) is 5.82 Å². The van der Waals surface area contributed by atoms with Gasteiger partial charge in [-0.1, -0.05) is 6.07 Å². The molecule has 0 saturated carbocycles. The van der Waals surface area contributed by atoms with Gasteiger partial charge in [0, 0.05) is 17.7 Å². The average molecular weight is 274 g/mol. The van der Waals surface area contributed by atoms with Crippen LogP contribution in [-0.2, 0) is 15.6 Å². The summed E-state index contributed by atoms with van der Waals surface area (Å²) in [6, 6.07) is 3.47. The lowest BCUT2D eigenvalue weighted by Crippen LogP contribution is -2.28. The Bertz CT molecular complexity index is 557. The van der Waals surface area contributed by atoms with Gasteiger partial charge in [0.05, 0.1) is 11.0 Å². The van der Waals surface area contributed by atoms with E-state index >= 15 is 0 Å². The van der Waals surface area contributed by atoms with Crippen LogP contribution in [0.25, 0.3) is 0 Å². The summed E-state index contributed by atoms with van der Waals surface area (Å²) in [5, 5.41) is -0.743. The molecular formula is C11H15FN2O3S. The van der Waals surface area contributed by atoms with Crippen molar-refractivity contribution in [1.29, 1.82) is 0 Å². The molecule has 0 spiro atoms. The van der Waals surface area contributed by atoms with Crippen molar-refractivity contribution in [3.63, 3.8) is 0 Å². The van der Waals surface area contributed by atoms with Crippen LogP contribution >= 0.6 is 0 Å². The molecule has 18 heavy (non-hydrogen) atoms. The second kappa shape index (κ2) is 5.45. The zero-order chi connectivity index (χ0) is 13.9. The van der Waals surface area contributed by atoms with Crippen molar-refractivity contribution in [3.05, 3.63) is 35.1 Å². The Hall–Kier alpha value is -1.47. The molecule has 0 saturated heterocycles. The molecule has 1 aromatic carbocycles. The number of carbonyl (C=O) groups excluding carboxylic acids is 1. The number of primary amides is 1. The second-order valence-corrected chi connectivity index (χ2v) is 6.44. The number of nitrogens with two attached hydrogens (primary N) is 2. The van der Waals surface area contributed by atoms with Crippen molar-refractivity contribution in [2.75, 3.05) is 6.54 Å². The number of amides is 1. The van der Waals surface area contributed by atoms with E-state index in [4.69, 9.17) is 11.5 Å². The van der Waals surface area contributed by atoms with Gasteiger partial charge in [-0.3, -0.25) is 4.79 Å². The maximum atomic E-state index is 13.6. The maximum absolute atomic E-state index is 13.6. The molecule has 0 aliphatic rings. The highest BCUT2D eigenvalue weighted by atomic mass is 32.2. The monoisotopic (exact) mass is 274 g/mol. The van der Waals surface area contributed by atoms with E-state index in [2.05, 4.69) is 0 Å². The van der Waals surface area contributed by atoms with Crippen molar-refractivity contribution >= 4 is 15.7 Å². The second-order valence-electron chi connectivity index (χ2n) is 4.02. The molecule has 0 aliphatic carbocycles. The van der Waals surface area contributed by atoms with Crippen LogP contribution in [0.5, 0.6) is 0 Å². The van der Waals surface area contributed by atoms with E-state index in [0.717, 1.165) is 6.07 Å². The number of halogens is 1. The lowest BCUT2D eigenvalue weighted by atomic mass is 10.1. The van der Waals surface area contributed by atoms with Crippen LogP contribution in [0, 0.1) is 5.82 Å². The molecule has 7 heteroatoms. The summed E-state index contributed by atoms with van der Waals surface area (Å²) < 4.78 is 37.1. The zero-order valence-corrected chi connectivity index (χ0v) is 10.7. The zero-order valence-electron chi connectivity index (χ0n) is 9.89. The fraction of sp³-hybridized carbons (Fsp3) is 0.364. The first-order chi connectivity index (χ1) is 8.27. The quantitative estimate of drug-likeness (QED) is 0.799. The van der Waals surface area contributed by atoms with E-state index in [9.17, 15) is 17.6 Å². The molecule has 1 amide bonds. The van der Waals surface area contributed by atoms with Crippen molar-refractivity contribution in [3.8, 4) is 0 Å². The third-order valence-corrected chi connectivity index (χ3v) is 4.77. The number of sulfone groups is 1. The summed E-state index contributed by atoms with van der Waals surface area (Å²) in [7, 11) is -3.50. The van der Waals surface area contributed by atoms with Gasteiger partial charge in [-0.2, -0.15) is 0 Å². The smallest absolute Gasteiger partial charge is 0.248 e. The Morgan fingerprint density at radius 2 is 2.06 bits per heavy atom. The molecule has 1 unspecified atom stereocenters. The van der Waals surface area contributed by atoms with Gasteiger partial charge in [-0.25, -0.2) is 12.8 Å². The molecular weight excluding hydrogens is 259 g/mol. The largest absolute Gasteiger partial charge is 0.366 e. The van der Waals surface area contributed by atoms with E-state index < -0.39 is 32.6 Å². The third-order valence-electron chi connectivity index (χ3n) is 2.64. The molecule has 1 rings (SSSR count). The van der Waals surface area contributed by atoms with Gasteiger partial charge in [0.2, 0.25) is 5.91 Å². The third kappa shape index (κ3) is 3.27. The summed E-state index contributed by atoms with van der Waals surface area (Å²) in [5.41, 5.74) is 10.3. The topological polar surface area (TPSA) is 103 Å². The van der Waals surface area contributed by atoms with Crippen molar-refractivity contribution < 1.29 is 17.6 Å². The van der Waals surface area contributed by atoms with Gasteiger partial charge in [-0.15, -0.1) is 0 Å². The van der Waals surface area contributed by atoms with E-state index in [0.29, 0.717) is 0 Å². The number of hydrogen-bond acceptors (Lipinski definition) is 4. The van der Waals surface area contributed by atoms with Crippen LogP contribution < -0.4 is 11.5 Å². The molecule has 0 fully saturated rings. The SMILES string of the molecule is CC(CN)S(=O)(=O)Cc1ccc(C(N)=O)cc1F. The first-order valence-corrected chi connectivity index (χ1v) is 6.99. The van der Waals surface area contributed by atoms with Gasteiger partial charge in [0.15, 0.2) is 9.84 Å². The Morgan fingerprint density at radius 1 is 1.44 bits per heavy atom. The van der Waals surface area contributed by atoms with Crippen molar-refractivity contribution in [2.24, 2.45) is 11.5 Å². The minimum atomic E-state index is -3.50. The Balaban J connectivity index is 3.03. The molecule has 0 aliphatic heterocycles. The van der Waals surface area contributed by atoms with E-state index in [1.807, 2.05) is 0 Å². The van der Waals surface area contributed by atoms with Crippen LogP contribution in [0.3, 0.4) is 0 Å². The van der Waals surface area contributed by atoms with E-state index in [1.54, 1.807) is 0 Å². The van der Waals surface area contributed by atoms with Crippen LogP contribution in [0.4, 0.5) is 4.39 Å². The molecule has 0 radical (unpaired) electrons. The van der Waals surface area contributed by atoms with E-state index in [-0.39, 0.29) is 17.7 Å². The summed E-state index contributed by atoms with van der Waals surface area (Å²) in [4.78, 5) is 10.8. The summed E-state index contributed by atoms with van der Waals surface area (Å²) in [6.45, 7) is 1.44. The summed E-state index contributed by atoms with van der Waals surface area (Å²) >= 11 is 0. The Morgan fingerprint density at radius 3 is 2.50 bits per heavy atom. The molecule has 1 aromatic rings. The fourth-order valence-corrected chi connectivity index (χ4v) is 2.57. The van der Waals surface area contributed by atoms with Gasteiger partial charge in [0.25, 0.3) is 0 Å². The van der Waals surface area contributed by atoms with Crippen molar-refractivity contribution in [1.82, 2.24) is 0 Å².